The smallest absolute Gasteiger partial charge is 0.0460 e. The summed E-state index contributed by atoms with van der Waals surface area (Å²) in [5.41, 5.74) is 0. The van der Waals surface area contributed by atoms with E-state index in [1.54, 1.807) is 0 Å². The van der Waals surface area contributed by atoms with Gasteiger partial charge in [-0.25, -0.2) is 0 Å². The largest absolute Gasteiger partial charge is 0.396 e. The third-order valence-corrected chi connectivity index (χ3v) is 1.57. The molecule has 0 fully saturated rings. The summed E-state index contributed by atoms with van der Waals surface area (Å²) >= 11 is 0. The SMILES string of the molecule is OCCC[C@H](CO)CCO. The summed E-state index contributed by atoms with van der Waals surface area (Å²) in [4.78, 5) is 0. The predicted octanol–water partition coefficient (Wildman–Crippen LogP) is -0.250. The first-order valence-corrected chi connectivity index (χ1v) is 3.67. The molecule has 0 aromatic rings. The van der Waals surface area contributed by atoms with Crippen LogP contribution in [0.4, 0.5) is 0 Å². The second-order valence-electron chi connectivity index (χ2n) is 2.43. The Kier molecular flexibility index (Phi) is 6.91. The lowest BCUT2D eigenvalue weighted by Crippen LogP contribution is -2.08. The van der Waals surface area contributed by atoms with Crippen LogP contribution in [-0.4, -0.2) is 35.1 Å². The van der Waals surface area contributed by atoms with Gasteiger partial charge in [0.1, 0.15) is 0 Å². The summed E-state index contributed by atoms with van der Waals surface area (Å²) in [6.45, 7) is 0.402. The maximum absolute atomic E-state index is 8.69. The van der Waals surface area contributed by atoms with Crippen LogP contribution >= 0.6 is 0 Å². The van der Waals surface area contributed by atoms with E-state index in [9.17, 15) is 0 Å². The maximum atomic E-state index is 8.69. The van der Waals surface area contributed by atoms with Crippen molar-refractivity contribution in [3.63, 3.8) is 0 Å². The molecule has 62 valence electrons. The van der Waals surface area contributed by atoms with Crippen LogP contribution in [0.25, 0.3) is 0 Å². The van der Waals surface area contributed by atoms with Gasteiger partial charge in [-0.3, -0.25) is 0 Å². The van der Waals surface area contributed by atoms with Crippen molar-refractivity contribution < 1.29 is 15.3 Å². The average Bonchev–Trinajstić information content (AvgIpc) is 1.98. The molecule has 0 aliphatic carbocycles. The van der Waals surface area contributed by atoms with Crippen LogP contribution in [0.2, 0.25) is 0 Å². The summed E-state index contributed by atoms with van der Waals surface area (Å²) in [7, 11) is 0. The molecule has 3 nitrogen and oxygen atoms in total. The zero-order chi connectivity index (χ0) is 7.82. The normalized spacial score (nSPS) is 13.5. The van der Waals surface area contributed by atoms with E-state index < -0.39 is 0 Å². The van der Waals surface area contributed by atoms with Gasteiger partial charge in [-0.1, -0.05) is 0 Å². The minimum absolute atomic E-state index is 0.112. The van der Waals surface area contributed by atoms with E-state index in [1.165, 1.54) is 0 Å². The Morgan fingerprint density at radius 3 is 2.00 bits per heavy atom. The lowest BCUT2D eigenvalue weighted by molar-refractivity contribution is 0.166. The molecular weight excluding hydrogens is 132 g/mol. The van der Waals surface area contributed by atoms with Gasteiger partial charge in [0.25, 0.3) is 0 Å². The van der Waals surface area contributed by atoms with E-state index in [4.69, 9.17) is 15.3 Å². The molecule has 0 aromatic heterocycles. The molecule has 0 aromatic carbocycles. The Balaban J connectivity index is 3.21. The minimum atomic E-state index is 0.112. The number of aliphatic hydroxyl groups excluding tert-OH is 3. The van der Waals surface area contributed by atoms with Crippen molar-refractivity contribution in [2.45, 2.75) is 19.3 Å². The van der Waals surface area contributed by atoms with E-state index >= 15 is 0 Å². The van der Waals surface area contributed by atoms with Gasteiger partial charge in [0, 0.05) is 19.8 Å². The number of aliphatic hydroxyl groups is 3. The Hall–Kier alpha value is -0.120. The standard InChI is InChI=1S/C7H16O3/c8-4-1-2-7(6-10)3-5-9/h7-10H,1-6H2/t7-/m0/s1. The Labute approximate surface area is 61.3 Å². The molecule has 0 saturated heterocycles. The molecule has 0 aliphatic rings. The molecule has 3 heteroatoms. The molecule has 0 rings (SSSR count). The fraction of sp³-hybridized carbons (Fsp3) is 1.00. The molecule has 0 heterocycles. The van der Waals surface area contributed by atoms with Gasteiger partial charge in [-0.05, 0) is 25.2 Å². The fourth-order valence-electron chi connectivity index (χ4n) is 0.889. The van der Waals surface area contributed by atoms with E-state index in [0.717, 1.165) is 6.42 Å². The molecule has 0 saturated carbocycles. The van der Waals surface area contributed by atoms with Gasteiger partial charge >= 0.3 is 0 Å². The molecule has 0 amide bonds. The minimum Gasteiger partial charge on any atom is -0.396 e. The van der Waals surface area contributed by atoms with Crippen LogP contribution in [0.5, 0.6) is 0 Å². The van der Waals surface area contributed by atoms with Crippen LogP contribution < -0.4 is 0 Å². The molecule has 0 radical (unpaired) electrons. The number of rotatable bonds is 6. The highest BCUT2D eigenvalue weighted by molar-refractivity contribution is 4.56. The van der Waals surface area contributed by atoms with Crippen molar-refractivity contribution in [1.82, 2.24) is 0 Å². The summed E-state index contributed by atoms with van der Waals surface area (Å²) in [5, 5.41) is 25.6. The third kappa shape index (κ3) is 4.73. The van der Waals surface area contributed by atoms with Gasteiger partial charge in [0.05, 0.1) is 0 Å². The second kappa shape index (κ2) is 6.99. The lowest BCUT2D eigenvalue weighted by Gasteiger charge is -2.10. The summed E-state index contributed by atoms with van der Waals surface area (Å²) in [6.07, 6.45) is 2.15. The monoisotopic (exact) mass is 148 g/mol. The van der Waals surface area contributed by atoms with Crippen molar-refractivity contribution in [3.05, 3.63) is 0 Å². The molecule has 0 spiro atoms. The van der Waals surface area contributed by atoms with Crippen LogP contribution in [0.3, 0.4) is 0 Å². The first kappa shape index (κ1) is 9.88. The van der Waals surface area contributed by atoms with E-state index in [0.29, 0.717) is 12.8 Å². The second-order valence-corrected chi connectivity index (χ2v) is 2.43. The van der Waals surface area contributed by atoms with E-state index in [1.807, 2.05) is 0 Å². The zero-order valence-electron chi connectivity index (χ0n) is 6.16. The first-order chi connectivity index (χ1) is 4.85. The Bertz CT molecular complexity index is 65.9. The van der Waals surface area contributed by atoms with Gasteiger partial charge < -0.3 is 15.3 Å². The first-order valence-electron chi connectivity index (χ1n) is 3.67. The van der Waals surface area contributed by atoms with Crippen LogP contribution in [-0.2, 0) is 0 Å². The van der Waals surface area contributed by atoms with Crippen molar-refractivity contribution >= 4 is 0 Å². The highest BCUT2D eigenvalue weighted by atomic mass is 16.3. The summed E-state index contributed by atoms with van der Waals surface area (Å²) < 4.78 is 0. The molecule has 1 atom stereocenters. The van der Waals surface area contributed by atoms with Crippen LogP contribution in [0.15, 0.2) is 0 Å². The van der Waals surface area contributed by atoms with E-state index in [-0.39, 0.29) is 25.7 Å². The highest BCUT2D eigenvalue weighted by Gasteiger charge is 2.04. The van der Waals surface area contributed by atoms with Gasteiger partial charge in [-0.2, -0.15) is 0 Å². The van der Waals surface area contributed by atoms with Crippen molar-refractivity contribution in [2.24, 2.45) is 5.92 Å². The average molecular weight is 148 g/mol. The lowest BCUT2D eigenvalue weighted by atomic mass is 10.0. The summed E-state index contributed by atoms with van der Waals surface area (Å²) in [5.74, 6) is 0.164. The maximum Gasteiger partial charge on any atom is 0.0460 e. The number of hydrogen-bond donors (Lipinski definition) is 3. The van der Waals surface area contributed by atoms with Gasteiger partial charge in [0.15, 0.2) is 0 Å². The van der Waals surface area contributed by atoms with Crippen LogP contribution in [0, 0.1) is 5.92 Å². The highest BCUT2D eigenvalue weighted by Crippen LogP contribution is 2.08. The predicted molar refractivity (Wildman–Crippen MR) is 38.6 cm³/mol. The van der Waals surface area contributed by atoms with Crippen molar-refractivity contribution in [3.8, 4) is 0 Å². The number of hydrogen-bond acceptors (Lipinski definition) is 3. The van der Waals surface area contributed by atoms with Gasteiger partial charge in [0.2, 0.25) is 0 Å². The summed E-state index contributed by atoms with van der Waals surface area (Å²) in [6, 6.07) is 0. The van der Waals surface area contributed by atoms with E-state index in [2.05, 4.69) is 0 Å². The zero-order valence-corrected chi connectivity index (χ0v) is 6.16. The van der Waals surface area contributed by atoms with Crippen molar-refractivity contribution in [2.75, 3.05) is 19.8 Å². The van der Waals surface area contributed by atoms with Gasteiger partial charge in [-0.15, -0.1) is 0 Å². The molecule has 0 unspecified atom stereocenters. The fourth-order valence-corrected chi connectivity index (χ4v) is 0.889. The molecule has 3 N–H and O–H groups in total. The Morgan fingerprint density at radius 2 is 1.60 bits per heavy atom. The van der Waals surface area contributed by atoms with Crippen molar-refractivity contribution in [1.29, 1.82) is 0 Å². The topological polar surface area (TPSA) is 60.7 Å². The molecule has 10 heavy (non-hydrogen) atoms. The molecular formula is C7H16O3. The third-order valence-electron chi connectivity index (χ3n) is 1.57. The van der Waals surface area contributed by atoms with Crippen LogP contribution in [0.1, 0.15) is 19.3 Å². The molecule has 0 aliphatic heterocycles. The quantitative estimate of drug-likeness (QED) is 0.487. The Morgan fingerprint density at radius 1 is 0.900 bits per heavy atom. The molecule has 0 bridgehead atoms.